The van der Waals surface area contributed by atoms with Gasteiger partial charge in [-0.25, -0.2) is 0 Å². The highest BCUT2D eigenvalue weighted by Crippen LogP contribution is 2.27. The molecule has 0 aliphatic heterocycles. The lowest BCUT2D eigenvalue weighted by molar-refractivity contribution is 0.890. The molecule has 1 atom stereocenters. The Balaban J connectivity index is 2.20. The Labute approximate surface area is 120 Å². The molecule has 2 rings (SSSR count). The molecule has 1 unspecified atom stereocenters. The molecule has 0 radical (unpaired) electrons. The summed E-state index contributed by atoms with van der Waals surface area (Å²) in [6.07, 6.45) is 0. The first-order chi connectivity index (χ1) is 9.13. The molecule has 0 saturated heterocycles. The Kier molecular flexibility index (Phi) is 4.06. The van der Waals surface area contributed by atoms with E-state index in [0.29, 0.717) is 11.1 Å². The van der Waals surface area contributed by atoms with Gasteiger partial charge in [0, 0.05) is 11.7 Å². The largest absolute Gasteiger partial charge is 0.378 e. The molecule has 3 nitrogen and oxygen atoms in total. The van der Waals surface area contributed by atoms with E-state index in [4.69, 9.17) is 22.1 Å². The molecule has 0 amide bonds. The third-order valence-corrected chi connectivity index (χ3v) is 3.84. The summed E-state index contributed by atoms with van der Waals surface area (Å²) < 4.78 is 0.751. The molecule has 0 saturated carbocycles. The van der Waals surface area contributed by atoms with Crippen LogP contribution in [0.2, 0.25) is 4.34 Å². The summed E-state index contributed by atoms with van der Waals surface area (Å²) >= 11 is 7.39. The van der Waals surface area contributed by atoms with Gasteiger partial charge in [0.2, 0.25) is 0 Å². The number of nitrogens with one attached hydrogen (secondary N) is 1. The lowest BCUT2D eigenvalue weighted by atomic mass is 10.1. The van der Waals surface area contributed by atoms with Crippen LogP contribution in [-0.4, -0.2) is 0 Å². The number of thiophene rings is 1. The number of halogens is 1. The Morgan fingerprint density at radius 1 is 1.21 bits per heavy atom. The minimum Gasteiger partial charge on any atom is -0.378 e. The van der Waals surface area contributed by atoms with E-state index in [9.17, 15) is 0 Å². The highest BCUT2D eigenvalue weighted by Gasteiger charge is 2.09. The van der Waals surface area contributed by atoms with Crippen LogP contribution >= 0.6 is 22.9 Å². The molecule has 5 heteroatoms. The highest BCUT2D eigenvalue weighted by molar-refractivity contribution is 7.14. The van der Waals surface area contributed by atoms with E-state index in [-0.39, 0.29) is 6.04 Å². The molecule has 94 valence electrons. The molecule has 1 aromatic carbocycles. The van der Waals surface area contributed by atoms with Crippen LogP contribution < -0.4 is 5.32 Å². The van der Waals surface area contributed by atoms with Crippen LogP contribution in [0.4, 0.5) is 5.69 Å². The quantitative estimate of drug-likeness (QED) is 0.914. The fourth-order valence-corrected chi connectivity index (χ4v) is 2.69. The van der Waals surface area contributed by atoms with Crippen molar-refractivity contribution in [1.29, 1.82) is 10.5 Å². The number of benzene rings is 1. The highest BCUT2D eigenvalue weighted by atomic mass is 35.5. The normalized spacial score (nSPS) is 11.4. The van der Waals surface area contributed by atoms with Crippen molar-refractivity contribution in [3.8, 4) is 12.1 Å². The van der Waals surface area contributed by atoms with Gasteiger partial charge in [-0.2, -0.15) is 10.5 Å². The van der Waals surface area contributed by atoms with E-state index in [0.717, 1.165) is 15.6 Å². The zero-order valence-corrected chi connectivity index (χ0v) is 11.7. The maximum Gasteiger partial charge on any atom is 0.101 e. The first kappa shape index (κ1) is 13.4. The van der Waals surface area contributed by atoms with Crippen molar-refractivity contribution in [1.82, 2.24) is 0 Å². The van der Waals surface area contributed by atoms with Gasteiger partial charge in [-0.1, -0.05) is 11.6 Å². The van der Waals surface area contributed by atoms with Gasteiger partial charge in [0.05, 0.1) is 15.5 Å². The van der Waals surface area contributed by atoms with E-state index in [1.165, 1.54) is 11.3 Å². The zero-order chi connectivity index (χ0) is 13.8. The van der Waals surface area contributed by atoms with Gasteiger partial charge in [0.25, 0.3) is 0 Å². The smallest absolute Gasteiger partial charge is 0.101 e. The molecule has 0 aliphatic rings. The van der Waals surface area contributed by atoms with Gasteiger partial charge in [-0.3, -0.25) is 0 Å². The molecule has 2 aromatic rings. The summed E-state index contributed by atoms with van der Waals surface area (Å²) in [5.74, 6) is 0. The molecule has 19 heavy (non-hydrogen) atoms. The van der Waals surface area contributed by atoms with Crippen molar-refractivity contribution in [2.45, 2.75) is 13.0 Å². The number of hydrogen-bond donors (Lipinski definition) is 1. The standard InChI is InChI=1S/C14H10ClN3S/c1-9(12-5-14(15)19-8-12)18-13-3-2-10(6-16)11(4-13)7-17/h2-5,8-9,18H,1H3. The third-order valence-electron chi connectivity index (χ3n) is 2.73. The Bertz CT molecular complexity index is 679. The maximum atomic E-state index is 8.98. The van der Waals surface area contributed by atoms with Crippen LogP contribution in [0, 0.1) is 22.7 Å². The third kappa shape index (κ3) is 3.06. The summed E-state index contributed by atoms with van der Waals surface area (Å²) in [5.41, 5.74) is 2.67. The van der Waals surface area contributed by atoms with Crippen LogP contribution in [0.15, 0.2) is 29.6 Å². The van der Waals surface area contributed by atoms with Crippen LogP contribution in [0.1, 0.15) is 29.7 Å². The second kappa shape index (κ2) is 5.75. The van der Waals surface area contributed by atoms with Crippen molar-refractivity contribution in [3.63, 3.8) is 0 Å². The summed E-state index contributed by atoms with van der Waals surface area (Å²) in [6.45, 7) is 2.02. The summed E-state index contributed by atoms with van der Waals surface area (Å²) in [6, 6.07) is 11.1. The predicted octanol–water partition coefficient (Wildman–Crippen LogP) is 4.32. The fraction of sp³-hybridized carbons (Fsp3) is 0.143. The lowest BCUT2D eigenvalue weighted by Gasteiger charge is -2.14. The number of nitrogens with zero attached hydrogens (tertiary/aromatic N) is 2. The summed E-state index contributed by atoms with van der Waals surface area (Å²) in [5, 5.41) is 23.1. The van der Waals surface area contributed by atoms with E-state index in [2.05, 4.69) is 5.32 Å². The van der Waals surface area contributed by atoms with Gasteiger partial charge in [0.1, 0.15) is 12.1 Å². The van der Waals surface area contributed by atoms with Gasteiger partial charge in [0.15, 0.2) is 0 Å². The predicted molar refractivity (Wildman–Crippen MR) is 77.2 cm³/mol. The van der Waals surface area contributed by atoms with Crippen molar-refractivity contribution in [3.05, 3.63) is 50.7 Å². The molecule has 0 fully saturated rings. The first-order valence-electron chi connectivity index (χ1n) is 5.58. The van der Waals surface area contributed by atoms with Gasteiger partial charge in [-0.05, 0) is 42.1 Å². The van der Waals surface area contributed by atoms with Gasteiger partial charge in [-0.15, -0.1) is 11.3 Å². The molecule has 1 N–H and O–H groups in total. The van der Waals surface area contributed by atoms with Crippen molar-refractivity contribution < 1.29 is 0 Å². The second-order valence-corrected chi connectivity index (χ2v) is 5.58. The van der Waals surface area contributed by atoms with Crippen molar-refractivity contribution in [2.24, 2.45) is 0 Å². The first-order valence-corrected chi connectivity index (χ1v) is 6.84. The van der Waals surface area contributed by atoms with Gasteiger partial charge < -0.3 is 5.32 Å². The van der Waals surface area contributed by atoms with Gasteiger partial charge >= 0.3 is 0 Å². The monoisotopic (exact) mass is 287 g/mol. The SMILES string of the molecule is CC(Nc1ccc(C#N)c(C#N)c1)c1csc(Cl)c1. The number of rotatable bonds is 3. The second-order valence-electron chi connectivity index (χ2n) is 4.03. The molecular weight excluding hydrogens is 278 g/mol. The zero-order valence-electron chi connectivity index (χ0n) is 10.1. The molecule has 0 aliphatic carbocycles. The van der Waals surface area contributed by atoms with Crippen LogP contribution in [0.3, 0.4) is 0 Å². The summed E-state index contributed by atoms with van der Waals surface area (Å²) in [4.78, 5) is 0. The fourth-order valence-electron chi connectivity index (χ4n) is 1.71. The minimum absolute atomic E-state index is 0.0863. The number of hydrogen-bond acceptors (Lipinski definition) is 4. The molecule has 1 aromatic heterocycles. The Hall–Kier alpha value is -2.01. The van der Waals surface area contributed by atoms with E-state index >= 15 is 0 Å². The number of nitriles is 2. The Morgan fingerprint density at radius 3 is 2.53 bits per heavy atom. The molecule has 0 spiro atoms. The lowest BCUT2D eigenvalue weighted by Crippen LogP contribution is -2.05. The average Bonchev–Trinajstić information content (AvgIpc) is 2.85. The Morgan fingerprint density at radius 2 is 1.95 bits per heavy atom. The topological polar surface area (TPSA) is 59.6 Å². The van der Waals surface area contributed by atoms with Crippen LogP contribution in [-0.2, 0) is 0 Å². The van der Waals surface area contributed by atoms with Crippen LogP contribution in [0.25, 0.3) is 0 Å². The minimum atomic E-state index is 0.0863. The molecular formula is C14H10ClN3S. The van der Waals surface area contributed by atoms with E-state index in [1.54, 1.807) is 18.2 Å². The maximum absolute atomic E-state index is 8.98. The molecule has 1 heterocycles. The molecule has 0 bridgehead atoms. The van der Waals surface area contributed by atoms with Crippen molar-refractivity contribution in [2.75, 3.05) is 5.32 Å². The average molecular weight is 288 g/mol. The summed E-state index contributed by atoms with van der Waals surface area (Å²) in [7, 11) is 0. The van der Waals surface area contributed by atoms with Crippen molar-refractivity contribution >= 4 is 28.6 Å². The van der Waals surface area contributed by atoms with E-state index < -0.39 is 0 Å². The number of anilines is 1. The van der Waals surface area contributed by atoms with E-state index in [1.807, 2.05) is 30.5 Å². The van der Waals surface area contributed by atoms with Crippen LogP contribution in [0.5, 0.6) is 0 Å².